The molecule has 0 amide bonds. The Kier molecular flexibility index (Phi) is 6.61. The normalized spacial score (nSPS) is 12.1. The number of carbonyl (C=O) groups is 1. The second-order valence-corrected chi connectivity index (χ2v) is 6.80. The van der Waals surface area contributed by atoms with Crippen molar-refractivity contribution in [2.75, 3.05) is 13.2 Å². The van der Waals surface area contributed by atoms with Crippen LogP contribution >= 0.6 is 0 Å². The molecule has 0 aliphatic carbocycles. The molecule has 0 radical (unpaired) electrons. The van der Waals surface area contributed by atoms with Crippen molar-refractivity contribution >= 4 is 16.9 Å². The van der Waals surface area contributed by atoms with E-state index in [0.29, 0.717) is 48.5 Å². The summed E-state index contributed by atoms with van der Waals surface area (Å²) in [6.45, 7) is 2.86. The standard InChI is InChI=1S/C22H25N3O4/c1-3-23-19(22(27)28)14-15-8-10-16(11-9-15)29-13-12-20-24-18-7-5-4-6-17(18)21(26)25(20)2/h4-11,19,23H,3,12-14H2,1-2H3,(H,27,28). The summed E-state index contributed by atoms with van der Waals surface area (Å²) in [5.41, 5.74) is 1.54. The molecule has 0 aliphatic heterocycles. The van der Waals surface area contributed by atoms with Gasteiger partial charge in [-0.05, 0) is 42.8 Å². The highest BCUT2D eigenvalue weighted by atomic mass is 16.5. The fourth-order valence-corrected chi connectivity index (χ4v) is 3.20. The number of para-hydroxylation sites is 1. The Morgan fingerprint density at radius 3 is 2.62 bits per heavy atom. The van der Waals surface area contributed by atoms with Crippen LogP contribution in [-0.4, -0.2) is 39.8 Å². The highest BCUT2D eigenvalue weighted by Crippen LogP contribution is 2.14. The molecule has 0 bridgehead atoms. The Morgan fingerprint density at radius 1 is 1.21 bits per heavy atom. The van der Waals surface area contributed by atoms with Gasteiger partial charge < -0.3 is 15.2 Å². The summed E-state index contributed by atoms with van der Waals surface area (Å²) >= 11 is 0. The highest BCUT2D eigenvalue weighted by Gasteiger charge is 2.16. The first-order valence-electron chi connectivity index (χ1n) is 9.62. The Bertz CT molecular complexity index is 1040. The summed E-state index contributed by atoms with van der Waals surface area (Å²) < 4.78 is 7.34. The summed E-state index contributed by atoms with van der Waals surface area (Å²) in [5, 5.41) is 12.8. The molecule has 0 spiro atoms. The van der Waals surface area contributed by atoms with Gasteiger partial charge in [0.1, 0.15) is 17.6 Å². The van der Waals surface area contributed by atoms with Gasteiger partial charge in [0.15, 0.2) is 0 Å². The van der Waals surface area contributed by atoms with Gasteiger partial charge in [-0.25, -0.2) is 4.98 Å². The molecule has 1 heterocycles. The molecule has 1 aromatic heterocycles. The maximum atomic E-state index is 12.4. The number of nitrogens with one attached hydrogen (secondary N) is 1. The third-order valence-corrected chi connectivity index (χ3v) is 4.78. The van der Waals surface area contributed by atoms with Crippen molar-refractivity contribution in [1.29, 1.82) is 0 Å². The molecule has 0 saturated carbocycles. The second kappa shape index (κ2) is 9.34. The molecule has 29 heavy (non-hydrogen) atoms. The molecule has 0 fully saturated rings. The lowest BCUT2D eigenvalue weighted by Crippen LogP contribution is -2.38. The van der Waals surface area contributed by atoms with E-state index in [2.05, 4.69) is 10.3 Å². The molecule has 2 N–H and O–H groups in total. The van der Waals surface area contributed by atoms with E-state index in [1.165, 1.54) is 0 Å². The molecule has 1 atom stereocenters. The molecule has 0 aliphatic rings. The van der Waals surface area contributed by atoms with Crippen molar-refractivity contribution in [2.24, 2.45) is 7.05 Å². The largest absolute Gasteiger partial charge is 0.493 e. The van der Waals surface area contributed by atoms with Crippen molar-refractivity contribution in [3.63, 3.8) is 0 Å². The number of carboxylic acids is 1. The van der Waals surface area contributed by atoms with Gasteiger partial charge in [0, 0.05) is 13.5 Å². The van der Waals surface area contributed by atoms with Gasteiger partial charge in [0.05, 0.1) is 17.5 Å². The average molecular weight is 395 g/mol. The fraction of sp³-hybridized carbons (Fsp3) is 0.318. The third-order valence-electron chi connectivity index (χ3n) is 4.78. The first kappa shape index (κ1) is 20.5. The monoisotopic (exact) mass is 395 g/mol. The molecule has 2 aromatic carbocycles. The zero-order valence-corrected chi connectivity index (χ0v) is 16.6. The van der Waals surface area contributed by atoms with Crippen LogP contribution in [0.3, 0.4) is 0 Å². The zero-order valence-electron chi connectivity index (χ0n) is 16.6. The average Bonchev–Trinajstić information content (AvgIpc) is 2.72. The van der Waals surface area contributed by atoms with Gasteiger partial charge in [-0.1, -0.05) is 31.2 Å². The lowest BCUT2D eigenvalue weighted by molar-refractivity contribution is -0.139. The predicted octanol–water partition coefficient (Wildman–Crippen LogP) is 2.16. The molecule has 3 aromatic rings. The number of nitrogens with zero attached hydrogens (tertiary/aromatic N) is 2. The first-order valence-corrected chi connectivity index (χ1v) is 9.62. The van der Waals surface area contributed by atoms with Gasteiger partial charge in [0.25, 0.3) is 5.56 Å². The van der Waals surface area contributed by atoms with E-state index in [9.17, 15) is 14.7 Å². The van der Waals surface area contributed by atoms with Gasteiger partial charge >= 0.3 is 5.97 Å². The maximum absolute atomic E-state index is 12.4. The quantitative estimate of drug-likeness (QED) is 0.577. The number of hydrogen-bond acceptors (Lipinski definition) is 5. The van der Waals surface area contributed by atoms with E-state index >= 15 is 0 Å². The first-order chi connectivity index (χ1) is 14.0. The number of aromatic nitrogens is 2. The second-order valence-electron chi connectivity index (χ2n) is 6.80. The van der Waals surface area contributed by atoms with Gasteiger partial charge in [-0.15, -0.1) is 0 Å². The SMILES string of the molecule is CCNC(Cc1ccc(OCCc2nc3ccccc3c(=O)n2C)cc1)C(=O)O. The smallest absolute Gasteiger partial charge is 0.321 e. The number of likely N-dealkylation sites (N-methyl/N-ethyl adjacent to an activating group) is 1. The van der Waals surface area contributed by atoms with Crippen molar-refractivity contribution in [1.82, 2.24) is 14.9 Å². The number of benzene rings is 2. The van der Waals surface area contributed by atoms with Crippen LogP contribution < -0.4 is 15.6 Å². The fourth-order valence-electron chi connectivity index (χ4n) is 3.20. The minimum atomic E-state index is -0.860. The number of hydrogen-bond donors (Lipinski definition) is 2. The molecular weight excluding hydrogens is 370 g/mol. The van der Waals surface area contributed by atoms with Crippen molar-refractivity contribution in [3.05, 3.63) is 70.3 Å². The zero-order chi connectivity index (χ0) is 20.8. The lowest BCUT2D eigenvalue weighted by atomic mass is 10.1. The van der Waals surface area contributed by atoms with E-state index in [1.807, 2.05) is 49.4 Å². The predicted molar refractivity (Wildman–Crippen MR) is 111 cm³/mol. The summed E-state index contributed by atoms with van der Waals surface area (Å²) in [6, 6.07) is 14.1. The molecular formula is C22H25N3O4. The number of aliphatic carboxylic acids is 1. The van der Waals surface area contributed by atoms with Crippen LogP contribution in [0.2, 0.25) is 0 Å². The van der Waals surface area contributed by atoms with Gasteiger partial charge in [-0.2, -0.15) is 0 Å². The van der Waals surface area contributed by atoms with E-state index in [-0.39, 0.29) is 5.56 Å². The lowest BCUT2D eigenvalue weighted by Gasteiger charge is -2.14. The number of ether oxygens (including phenoxy) is 1. The number of fused-ring (bicyclic) bond motifs is 1. The van der Waals surface area contributed by atoms with Crippen molar-refractivity contribution in [3.8, 4) is 5.75 Å². The Morgan fingerprint density at radius 2 is 1.93 bits per heavy atom. The van der Waals surface area contributed by atoms with Crippen molar-refractivity contribution in [2.45, 2.75) is 25.8 Å². The van der Waals surface area contributed by atoms with Crippen LogP contribution in [0.5, 0.6) is 5.75 Å². The molecule has 3 rings (SSSR count). The highest BCUT2D eigenvalue weighted by molar-refractivity contribution is 5.77. The molecule has 1 unspecified atom stereocenters. The minimum absolute atomic E-state index is 0.0661. The maximum Gasteiger partial charge on any atom is 0.321 e. The van der Waals surface area contributed by atoms with Crippen LogP contribution in [0.1, 0.15) is 18.3 Å². The van der Waals surface area contributed by atoms with E-state index < -0.39 is 12.0 Å². The molecule has 7 heteroatoms. The summed E-state index contributed by atoms with van der Waals surface area (Å²) in [5.74, 6) is 0.496. The molecule has 7 nitrogen and oxygen atoms in total. The molecule has 0 saturated heterocycles. The Balaban J connectivity index is 1.61. The van der Waals surface area contributed by atoms with E-state index in [4.69, 9.17) is 4.74 Å². The molecule has 152 valence electrons. The summed E-state index contributed by atoms with van der Waals surface area (Å²) in [4.78, 5) is 28.3. The Hall–Kier alpha value is -3.19. The number of rotatable bonds is 9. The van der Waals surface area contributed by atoms with Crippen LogP contribution in [0, 0.1) is 0 Å². The summed E-state index contributed by atoms with van der Waals surface area (Å²) in [7, 11) is 1.72. The van der Waals surface area contributed by atoms with Crippen molar-refractivity contribution < 1.29 is 14.6 Å². The van der Waals surface area contributed by atoms with Gasteiger partial charge in [0.2, 0.25) is 0 Å². The van der Waals surface area contributed by atoms with Crippen LogP contribution in [0.15, 0.2) is 53.3 Å². The number of carboxylic acid groups (broad SMARTS) is 1. The van der Waals surface area contributed by atoms with Crippen LogP contribution in [-0.2, 0) is 24.7 Å². The van der Waals surface area contributed by atoms with E-state index in [0.717, 1.165) is 5.56 Å². The van der Waals surface area contributed by atoms with E-state index in [1.54, 1.807) is 17.7 Å². The topological polar surface area (TPSA) is 93.5 Å². The van der Waals surface area contributed by atoms with Crippen LogP contribution in [0.4, 0.5) is 0 Å². The van der Waals surface area contributed by atoms with Gasteiger partial charge in [-0.3, -0.25) is 14.2 Å². The summed E-state index contributed by atoms with van der Waals surface area (Å²) in [6.07, 6.45) is 0.909. The minimum Gasteiger partial charge on any atom is -0.493 e. The van der Waals surface area contributed by atoms with Crippen LogP contribution in [0.25, 0.3) is 10.9 Å². The third kappa shape index (κ3) is 5.00. The Labute approximate surface area is 169 Å².